The van der Waals surface area contributed by atoms with Gasteiger partial charge in [-0.15, -0.1) is 0 Å². The number of pyridine rings is 1. The Bertz CT molecular complexity index is 730. The SMILES string of the molecule is O=C(NCc1ccncc1)Nc1cccc(NC(=O)[C@@H]2CCCO2)c1. The molecule has 25 heavy (non-hydrogen) atoms. The van der Waals surface area contributed by atoms with Crippen LogP contribution in [-0.2, 0) is 16.1 Å². The van der Waals surface area contributed by atoms with Crippen molar-refractivity contribution in [3.63, 3.8) is 0 Å². The lowest BCUT2D eigenvalue weighted by Gasteiger charge is -2.12. The largest absolute Gasteiger partial charge is 0.368 e. The number of amides is 3. The summed E-state index contributed by atoms with van der Waals surface area (Å²) in [6.07, 6.45) is 4.60. The number of urea groups is 1. The van der Waals surface area contributed by atoms with Gasteiger partial charge in [-0.3, -0.25) is 9.78 Å². The molecule has 0 radical (unpaired) electrons. The number of rotatable bonds is 5. The molecule has 7 heteroatoms. The van der Waals surface area contributed by atoms with Crippen molar-refractivity contribution in [3.05, 3.63) is 54.4 Å². The lowest BCUT2D eigenvalue weighted by atomic mass is 10.2. The number of benzene rings is 1. The van der Waals surface area contributed by atoms with Crippen LogP contribution < -0.4 is 16.0 Å². The van der Waals surface area contributed by atoms with Crippen LogP contribution in [0.15, 0.2) is 48.8 Å². The third-order valence-corrected chi connectivity index (χ3v) is 3.81. The number of ether oxygens (including phenoxy) is 1. The van der Waals surface area contributed by atoms with Gasteiger partial charge in [0, 0.05) is 36.9 Å². The van der Waals surface area contributed by atoms with Gasteiger partial charge in [0.05, 0.1) is 0 Å². The van der Waals surface area contributed by atoms with E-state index in [-0.39, 0.29) is 18.0 Å². The van der Waals surface area contributed by atoms with E-state index in [9.17, 15) is 9.59 Å². The molecule has 7 nitrogen and oxygen atoms in total. The molecule has 3 amide bonds. The Labute approximate surface area is 145 Å². The maximum atomic E-state index is 12.1. The van der Waals surface area contributed by atoms with E-state index in [1.54, 1.807) is 36.7 Å². The summed E-state index contributed by atoms with van der Waals surface area (Å²) in [6, 6.07) is 10.4. The van der Waals surface area contributed by atoms with Gasteiger partial charge in [-0.2, -0.15) is 0 Å². The monoisotopic (exact) mass is 340 g/mol. The van der Waals surface area contributed by atoms with Crippen molar-refractivity contribution >= 4 is 23.3 Å². The van der Waals surface area contributed by atoms with Crippen molar-refractivity contribution in [3.8, 4) is 0 Å². The number of nitrogens with zero attached hydrogens (tertiary/aromatic N) is 1. The first kappa shape index (κ1) is 16.9. The fourth-order valence-corrected chi connectivity index (χ4v) is 2.54. The molecule has 3 N–H and O–H groups in total. The van der Waals surface area contributed by atoms with Crippen LogP contribution in [0.4, 0.5) is 16.2 Å². The predicted molar refractivity (Wildman–Crippen MR) is 94.1 cm³/mol. The molecular weight excluding hydrogens is 320 g/mol. The highest BCUT2D eigenvalue weighted by Crippen LogP contribution is 2.18. The zero-order valence-electron chi connectivity index (χ0n) is 13.7. The number of anilines is 2. The van der Waals surface area contributed by atoms with Gasteiger partial charge in [0.25, 0.3) is 5.91 Å². The molecule has 1 fully saturated rings. The first-order chi connectivity index (χ1) is 12.2. The fourth-order valence-electron chi connectivity index (χ4n) is 2.54. The molecule has 1 aliphatic rings. The van der Waals surface area contributed by atoms with E-state index in [0.29, 0.717) is 24.5 Å². The Morgan fingerprint density at radius 2 is 1.88 bits per heavy atom. The van der Waals surface area contributed by atoms with Crippen molar-refractivity contribution in [1.29, 1.82) is 0 Å². The van der Waals surface area contributed by atoms with Gasteiger partial charge in [-0.05, 0) is 48.7 Å². The summed E-state index contributed by atoms with van der Waals surface area (Å²) in [5.41, 5.74) is 2.17. The van der Waals surface area contributed by atoms with E-state index < -0.39 is 0 Å². The smallest absolute Gasteiger partial charge is 0.319 e. The first-order valence-electron chi connectivity index (χ1n) is 8.17. The molecule has 1 saturated heterocycles. The zero-order chi connectivity index (χ0) is 17.5. The fraction of sp³-hybridized carbons (Fsp3) is 0.278. The minimum Gasteiger partial charge on any atom is -0.368 e. The predicted octanol–water partition coefficient (Wildman–Crippen LogP) is 2.52. The molecular formula is C18H20N4O3. The second kappa shape index (κ2) is 8.25. The van der Waals surface area contributed by atoms with Gasteiger partial charge in [0.1, 0.15) is 6.10 Å². The minimum absolute atomic E-state index is 0.156. The lowest BCUT2D eigenvalue weighted by molar-refractivity contribution is -0.124. The van der Waals surface area contributed by atoms with Gasteiger partial charge < -0.3 is 20.7 Å². The summed E-state index contributed by atoms with van der Waals surface area (Å²) in [5.74, 6) is -0.156. The van der Waals surface area contributed by atoms with Crippen LogP contribution in [0.25, 0.3) is 0 Å². The molecule has 3 rings (SSSR count). The van der Waals surface area contributed by atoms with Crippen LogP contribution in [0.2, 0.25) is 0 Å². The Morgan fingerprint density at radius 1 is 1.12 bits per heavy atom. The van der Waals surface area contributed by atoms with Crippen molar-refractivity contribution in [1.82, 2.24) is 10.3 Å². The quantitative estimate of drug-likeness (QED) is 0.780. The second-order valence-electron chi connectivity index (χ2n) is 5.73. The van der Waals surface area contributed by atoms with Crippen LogP contribution in [0.1, 0.15) is 18.4 Å². The summed E-state index contributed by atoms with van der Waals surface area (Å²) in [6.45, 7) is 1.03. The van der Waals surface area contributed by atoms with Crippen LogP contribution in [0.5, 0.6) is 0 Å². The summed E-state index contributed by atoms with van der Waals surface area (Å²) in [7, 11) is 0. The molecule has 0 unspecified atom stereocenters. The van der Waals surface area contributed by atoms with E-state index in [1.807, 2.05) is 12.1 Å². The summed E-state index contributed by atoms with van der Waals surface area (Å²) in [5, 5.41) is 8.33. The van der Waals surface area contributed by atoms with Crippen LogP contribution in [0, 0.1) is 0 Å². The van der Waals surface area contributed by atoms with Crippen molar-refractivity contribution < 1.29 is 14.3 Å². The topological polar surface area (TPSA) is 92.4 Å². The van der Waals surface area contributed by atoms with E-state index in [1.165, 1.54) is 0 Å². The standard InChI is InChI=1S/C18H20N4O3/c23-17(16-5-2-10-25-16)21-14-3-1-4-15(11-14)22-18(24)20-12-13-6-8-19-9-7-13/h1,3-4,6-9,11,16H,2,5,10,12H2,(H,21,23)(H2,20,22,24)/t16-/m0/s1. The molecule has 1 aromatic carbocycles. The summed E-state index contributed by atoms with van der Waals surface area (Å²) >= 11 is 0. The molecule has 130 valence electrons. The third-order valence-electron chi connectivity index (χ3n) is 3.81. The highest BCUT2D eigenvalue weighted by Gasteiger charge is 2.23. The molecule has 0 aliphatic carbocycles. The van der Waals surface area contributed by atoms with Gasteiger partial charge in [0.15, 0.2) is 0 Å². The minimum atomic E-state index is -0.389. The Balaban J connectivity index is 1.52. The third kappa shape index (κ3) is 5.02. The zero-order valence-corrected chi connectivity index (χ0v) is 13.7. The van der Waals surface area contributed by atoms with Crippen LogP contribution >= 0.6 is 0 Å². The Morgan fingerprint density at radius 3 is 2.60 bits per heavy atom. The highest BCUT2D eigenvalue weighted by atomic mass is 16.5. The normalized spacial score (nSPS) is 16.2. The number of aromatic nitrogens is 1. The number of hydrogen-bond acceptors (Lipinski definition) is 4. The van der Waals surface area contributed by atoms with Gasteiger partial charge in [-0.1, -0.05) is 6.07 Å². The molecule has 2 heterocycles. The highest BCUT2D eigenvalue weighted by molar-refractivity contribution is 5.95. The van der Waals surface area contributed by atoms with Crippen molar-refractivity contribution in [2.24, 2.45) is 0 Å². The molecule has 1 atom stereocenters. The van der Waals surface area contributed by atoms with E-state index in [0.717, 1.165) is 18.4 Å². The molecule has 0 spiro atoms. The average molecular weight is 340 g/mol. The summed E-state index contributed by atoms with van der Waals surface area (Å²) in [4.78, 5) is 28.0. The average Bonchev–Trinajstić information content (AvgIpc) is 3.16. The van der Waals surface area contributed by atoms with Crippen molar-refractivity contribution in [2.45, 2.75) is 25.5 Å². The Hall–Kier alpha value is -2.93. The maximum Gasteiger partial charge on any atom is 0.319 e. The van der Waals surface area contributed by atoms with E-state index in [4.69, 9.17) is 4.74 Å². The summed E-state index contributed by atoms with van der Waals surface area (Å²) < 4.78 is 5.36. The van der Waals surface area contributed by atoms with Gasteiger partial charge in [0.2, 0.25) is 0 Å². The van der Waals surface area contributed by atoms with E-state index in [2.05, 4.69) is 20.9 Å². The first-order valence-corrected chi connectivity index (χ1v) is 8.17. The van der Waals surface area contributed by atoms with Crippen LogP contribution in [0.3, 0.4) is 0 Å². The van der Waals surface area contributed by atoms with E-state index >= 15 is 0 Å². The lowest BCUT2D eigenvalue weighted by Crippen LogP contribution is -2.28. The van der Waals surface area contributed by atoms with Gasteiger partial charge >= 0.3 is 6.03 Å². The second-order valence-corrected chi connectivity index (χ2v) is 5.73. The molecule has 1 aliphatic heterocycles. The number of hydrogen-bond donors (Lipinski definition) is 3. The number of carbonyl (C=O) groups is 2. The van der Waals surface area contributed by atoms with Crippen molar-refractivity contribution in [2.75, 3.05) is 17.2 Å². The molecule has 0 saturated carbocycles. The molecule has 0 bridgehead atoms. The van der Waals surface area contributed by atoms with Crippen LogP contribution in [-0.4, -0.2) is 29.6 Å². The molecule has 1 aromatic heterocycles. The maximum absolute atomic E-state index is 12.1. The number of nitrogens with one attached hydrogen (secondary N) is 3. The molecule has 2 aromatic rings. The van der Waals surface area contributed by atoms with Gasteiger partial charge in [-0.25, -0.2) is 4.79 Å². The Kier molecular flexibility index (Phi) is 5.58. The number of carbonyl (C=O) groups excluding carboxylic acids is 2.